The third-order valence-electron chi connectivity index (χ3n) is 3.49. The molecule has 0 aromatic carbocycles. The van der Waals surface area contributed by atoms with E-state index in [4.69, 9.17) is 0 Å². The fraction of sp³-hybridized carbons (Fsp3) is 0.917. The molecule has 1 rings (SSSR count). The van der Waals surface area contributed by atoms with E-state index in [2.05, 4.69) is 11.8 Å². The Morgan fingerprint density at radius 1 is 1.43 bits per heavy atom. The fourth-order valence-electron chi connectivity index (χ4n) is 2.07. The van der Waals surface area contributed by atoms with Crippen molar-refractivity contribution in [1.82, 2.24) is 4.90 Å². The number of carbonyl (C=O) groups is 1. The molecule has 2 nitrogen and oxygen atoms in total. The van der Waals surface area contributed by atoms with Crippen molar-refractivity contribution in [2.45, 2.75) is 52.5 Å². The van der Waals surface area contributed by atoms with Crippen LogP contribution in [0.2, 0.25) is 0 Å². The zero-order valence-electron chi connectivity index (χ0n) is 9.75. The van der Waals surface area contributed by atoms with E-state index in [1.165, 1.54) is 19.3 Å². The Kier molecular flexibility index (Phi) is 4.59. The summed E-state index contributed by atoms with van der Waals surface area (Å²) in [5, 5.41) is 0. The molecule has 0 saturated heterocycles. The van der Waals surface area contributed by atoms with E-state index in [-0.39, 0.29) is 6.04 Å². The minimum Gasteiger partial charge on any atom is -0.298 e. The van der Waals surface area contributed by atoms with Gasteiger partial charge in [-0.05, 0) is 32.2 Å². The maximum Gasteiger partial charge on any atom is 0.149 e. The quantitative estimate of drug-likeness (QED) is 0.652. The van der Waals surface area contributed by atoms with Gasteiger partial charge >= 0.3 is 0 Å². The molecule has 1 saturated carbocycles. The summed E-state index contributed by atoms with van der Waals surface area (Å²) >= 11 is 0. The van der Waals surface area contributed by atoms with E-state index in [0.717, 1.165) is 19.0 Å². The van der Waals surface area contributed by atoms with Gasteiger partial charge in [-0.25, -0.2) is 0 Å². The molecular weight excluding hydrogens is 174 g/mol. The summed E-state index contributed by atoms with van der Waals surface area (Å²) in [4.78, 5) is 13.9. The summed E-state index contributed by atoms with van der Waals surface area (Å²) in [6, 6.07) is 0.130. The summed E-state index contributed by atoms with van der Waals surface area (Å²) in [6.07, 6.45) is 4.79. The summed E-state index contributed by atoms with van der Waals surface area (Å²) in [6.45, 7) is 8.29. The van der Waals surface area contributed by atoms with Gasteiger partial charge in [0.2, 0.25) is 0 Å². The highest BCUT2D eigenvalue weighted by molar-refractivity contribution is 5.83. The maximum absolute atomic E-state index is 11.6. The topological polar surface area (TPSA) is 20.3 Å². The molecule has 14 heavy (non-hydrogen) atoms. The van der Waals surface area contributed by atoms with Crippen LogP contribution in [0.15, 0.2) is 0 Å². The first-order valence-electron chi connectivity index (χ1n) is 5.95. The Hall–Kier alpha value is -0.370. The van der Waals surface area contributed by atoms with Crippen LogP contribution in [-0.2, 0) is 4.79 Å². The first-order chi connectivity index (χ1) is 6.69. The number of nitrogens with zero attached hydrogens (tertiary/aromatic N) is 1. The van der Waals surface area contributed by atoms with E-state index < -0.39 is 0 Å². The molecule has 0 heterocycles. The Morgan fingerprint density at radius 2 is 2.07 bits per heavy atom. The van der Waals surface area contributed by atoms with Gasteiger partial charge in [0.15, 0.2) is 0 Å². The van der Waals surface area contributed by atoms with E-state index >= 15 is 0 Å². The van der Waals surface area contributed by atoms with E-state index in [0.29, 0.717) is 12.2 Å². The molecule has 0 spiro atoms. The molecule has 82 valence electrons. The van der Waals surface area contributed by atoms with E-state index in [1.807, 2.05) is 13.8 Å². The average Bonchev–Trinajstić information content (AvgIpc) is 2.14. The van der Waals surface area contributed by atoms with Crippen LogP contribution >= 0.6 is 0 Å². The molecule has 1 unspecified atom stereocenters. The lowest BCUT2D eigenvalue weighted by Gasteiger charge is -2.34. The zero-order chi connectivity index (χ0) is 10.6. The molecule has 0 radical (unpaired) electrons. The number of Topliss-reactive ketones (excluding diaryl/α,β-unsaturated/α-hetero) is 1. The third-order valence-corrected chi connectivity index (χ3v) is 3.49. The van der Waals surface area contributed by atoms with Crippen LogP contribution in [0, 0.1) is 5.92 Å². The second-order valence-electron chi connectivity index (χ2n) is 4.38. The third kappa shape index (κ3) is 2.81. The molecule has 0 N–H and O–H groups in total. The molecule has 1 aliphatic carbocycles. The largest absolute Gasteiger partial charge is 0.298 e. The average molecular weight is 197 g/mol. The Bertz CT molecular complexity index is 187. The molecule has 0 amide bonds. The van der Waals surface area contributed by atoms with Crippen LogP contribution in [0.3, 0.4) is 0 Å². The SMILES string of the molecule is CCC(=O)C(C)N(CC)CC1CCC1. The Morgan fingerprint density at radius 3 is 2.43 bits per heavy atom. The van der Waals surface area contributed by atoms with Crippen LogP contribution in [-0.4, -0.2) is 29.8 Å². The van der Waals surface area contributed by atoms with Crippen molar-refractivity contribution in [3.63, 3.8) is 0 Å². The van der Waals surface area contributed by atoms with Crippen molar-refractivity contribution in [2.24, 2.45) is 5.92 Å². The number of ketones is 1. The molecule has 0 aromatic rings. The number of carbonyl (C=O) groups excluding carboxylic acids is 1. The minimum atomic E-state index is 0.130. The second-order valence-corrected chi connectivity index (χ2v) is 4.38. The van der Waals surface area contributed by atoms with Crippen LogP contribution in [0.4, 0.5) is 0 Å². The van der Waals surface area contributed by atoms with Crippen molar-refractivity contribution < 1.29 is 4.79 Å². The fourth-order valence-corrected chi connectivity index (χ4v) is 2.07. The highest BCUT2D eigenvalue weighted by Crippen LogP contribution is 2.27. The monoisotopic (exact) mass is 197 g/mol. The van der Waals surface area contributed by atoms with Crippen molar-refractivity contribution in [1.29, 1.82) is 0 Å². The molecule has 2 heteroatoms. The molecule has 1 aliphatic rings. The summed E-state index contributed by atoms with van der Waals surface area (Å²) < 4.78 is 0. The molecular formula is C12H23NO. The minimum absolute atomic E-state index is 0.130. The second kappa shape index (κ2) is 5.50. The van der Waals surface area contributed by atoms with Gasteiger partial charge in [0, 0.05) is 13.0 Å². The van der Waals surface area contributed by atoms with Gasteiger partial charge in [0.1, 0.15) is 5.78 Å². The number of hydrogen-bond acceptors (Lipinski definition) is 2. The smallest absolute Gasteiger partial charge is 0.149 e. The van der Waals surface area contributed by atoms with Crippen LogP contribution in [0.25, 0.3) is 0 Å². The van der Waals surface area contributed by atoms with Crippen LogP contribution in [0.1, 0.15) is 46.5 Å². The lowest BCUT2D eigenvalue weighted by molar-refractivity contribution is -0.123. The van der Waals surface area contributed by atoms with Crippen LogP contribution < -0.4 is 0 Å². The van der Waals surface area contributed by atoms with Crippen molar-refractivity contribution in [3.8, 4) is 0 Å². The number of hydrogen-bond donors (Lipinski definition) is 0. The zero-order valence-corrected chi connectivity index (χ0v) is 9.75. The number of rotatable bonds is 6. The summed E-state index contributed by atoms with van der Waals surface area (Å²) in [7, 11) is 0. The summed E-state index contributed by atoms with van der Waals surface area (Å²) in [5.74, 6) is 1.24. The Balaban J connectivity index is 2.38. The summed E-state index contributed by atoms with van der Waals surface area (Å²) in [5.41, 5.74) is 0. The van der Waals surface area contributed by atoms with Crippen molar-refractivity contribution in [3.05, 3.63) is 0 Å². The molecule has 0 bridgehead atoms. The van der Waals surface area contributed by atoms with Crippen LogP contribution in [0.5, 0.6) is 0 Å². The highest BCUT2D eigenvalue weighted by atomic mass is 16.1. The first kappa shape index (κ1) is 11.7. The normalized spacial score (nSPS) is 19.4. The molecule has 1 fully saturated rings. The van der Waals surface area contributed by atoms with Gasteiger partial charge < -0.3 is 0 Å². The van der Waals surface area contributed by atoms with Gasteiger partial charge in [0.25, 0.3) is 0 Å². The van der Waals surface area contributed by atoms with E-state index in [9.17, 15) is 4.79 Å². The van der Waals surface area contributed by atoms with Gasteiger partial charge in [-0.3, -0.25) is 9.69 Å². The van der Waals surface area contributed by atoms with Gasteiger partial charge in [0.05, 0.1) is 6.04 Å². The Labute approximate surface area is 87.7 Å². The van der Waals surface area contributed by atoms with Gasteiger partial charge in [-0.1, -0.05) is 20.3 Å². The molecule has 0 aromatic heterocycles. The van der Waals surface area contributed by atoms with Crippen molar-refractivity contribution >= 4 is 5.78 Å². The predicted molar refractivity (Wildman–Crippen MR) is 59.3 cm³/mol. The highest BCUT2D eigenvalue weighted by Gasteiger charge is 2.24. The standard InChI is InChI=1S/C12H23NO/c1-4-12(14)10(3)13(5-2)9-11-7-6-8-11/h10-11H,4-9H2,1-3H3. The van der Waals surface area contributed by atoms with E-state index in [1.54, 1.807) is 0 Å². The molecule has 1 atom stereocenters. The van der Waals surface area contributed by atoms with Gasteiger partial charge in [-0.15, -0.1) is 0 Å². The first-order valence-corrected chi connectivity index (χ1v) is 5.95. The predicted octanol–water partition coefficient (Wildman–Crippen LogP) is 2.48. The lowest BCUT2D eigenvalue weighted by Crippen LogP contribution is -2.42. The van der Waals surface area contributed by atoms with Gasteiger partial charge in [-0.2, -0.15) is 0 Å². The maximum atomic E-state index is 11.6. The molecule has 0 aliphatic heterocycles. The lowest BCUT2D eigenvalue weighted by atomic mass is 9.84. The number of likely N-dealkylation sites (N-methyl/N-ethyl adjacent to an activating group) is 1. The van der Waals surface area contributed by atoms with Crippen molar-refractivity contribution in [2.75, 3.05) is 13.1 Å².